The fourth-order valence-electron chi connectivity index (χ4n) is 1.74. The van der Waals surface area contributed by atoms with E-state index in [1.165, 1.54) is 11.5 Å². The van der Waals surface area contributed by atoms with Crippen molar-refractivity contribution in [3.05, 3.63) is 45.1 Å². The molecule has 0 bridgehead atoms. The van der Waals surface area contributed by atoms with Gasteiger partial charge in [-0.1, -0.05) is 29.3 Å². The molecule has 0 aliphatic heterocycles. The van der Waals surface area contributed by atoms with Crippen LogP contribution < -0.4 is 10.6 Å². The summed E-state index contributed by atoms with van der Waals surface area (Å²) < 4.78 is 4.17. The van der Waals surface area contributed by atoms with Gasteiger partial charge in [-0.25, -0.2) is 0 Å². The molecule has 106 valence electrons. The Morgan fingerprint density at radius 2 is 2.15 bits per heavy atom. The van der Waals surface area contributed by atoms with Crippen molar-refractivity contribution < 1.29 is 4.79 Å². The standard InChI is InChI=1S/C13H13Cl2N3OS/c1-7-11(13(16-2)20-18-7)12(19)17-6-8-3-4-9(14)5-10(8)15/h3-5,16H,6H2,1-2H3,(H,17,19). The summed E-state index contributed by atoms with van der Waals surface area (Å²) in [7, 11) is 1.76. The summed E-state index contributed by atoms with van der Waals surface area (Å²) >= 11 is 13.2. The van der Waals surface area contributed by atoms with E-state index in [0.29, 0.717) is 27.8 Å². The predicted octanol–water partition coefficient (Wildman–Crippen LogP) is 3.73. The highest BCUT2D eigenvalue weighted by molar-refractivity contribution is 7.10. The number of carbonyl (C=O) groups is 1. The zero-order valence-electron chi connectivity index (χ0n) is 11.0. The van der Waals surface area contributed by atoms with Crippen LogP contribution in [0.25, 0.3) is 0 Å². The molecule has 20 heavy (non-hydrogen) atoms. The first-order valence-electron chi connectivity index (χ1n) is 5.89. The molecule has 2 N–H and O–H groups in total. The number of hydrogen-bond donors (Lipinski definition) is 2. The molecule has 0 atom stereocenters. The van der Waals surface area contributed by atoms with Crippen LogP contribution in [0.4, 0.5) is 5.00 Å². The molecule has 0 aliphatic rings. The Bertz CT molecular complexity index is 643. The van der Waals surface area contributed by atoms with E-state index >= 15 is 0 Å². The van der Waals surface area contributed by atoms with Crippen molar-refractivity contribution >= 4 is 45.6 Å². The number of anilines is 1. The molecule has 1 aromatic carbocycles. The summed E-state index contributed by atoms with van der Waals surface area (Å²) in [5.41, 5.74) is 2.10. The maximum atomic E-state index is 12.2. The van der Waals surface area contributed by atoms with Crippen LogP contribution in [0.5, 0.6) is 0 Å². The lowest BCUT2D eigenvalue weighted by atomic mass is 10.2. The van der Waals surface area contributed by atoms with Crippen molar-refractivity contribution in [3.8, 4) is 0 Å². The molecule has 1 heterocycles. The summed E-state index contributed by atoms with van der Waals surface area (Å²) in [5.74, 6) is -0.174. The summed E-state index contributed by atoms with van der Waals surface area (Å²) in [6, 6.07) is 5.19. The Balaban J connectivity index is 2.10. The fourth-order valence-corrected chi connectivity index (χ4v) is 2.95. The first-order valence-corrected chi connectivity index (χ1v) is 7.42. The third kappa shape index (κ3) is 3.23. The van der Waals surface area contributed by atoms with Crippen LogP contribution in [0.1, 0.15) is 21.6 Å². The first kappa shape index (κ1) is 15.1. The number of aryl methyl sites for hydroxylation is 1. The maximum absolute atomic E-state index is 12.2. The van der Waals surface area contributed by atoms with E-state index in [9.17, 15) is 4.79 Å². The van der Waals surface area contributed by atoms with Crippen LogP contribution in [0, 0.1) is 6.92 Å². The maximum Gasteiger partial charge on any atom is 0.256 e. The Labute approximate surface area is 131 Å². The van der Waals surface area contributed by atoms with Gasteiger partial charge in [-0.15, -0.1) is 0 Å². The highest BCUT2D eigenvalue weighted by Crippen LogP contribution is 2.24. The summed E-state index contributed by atoms with van der Waals surface area (Å²) in [4.78, 5) is 12.2. The normalized spacial score (nSPS) is 10.4. The highest BCUT2D eigenvalue weighted by atomic mass is 35.5. The predicted molar refractivity (Wildman–Crippen MR) is 84.0 cm³/mol. The molecule has 0 unspecified atom stereocenters. The summed E-state index contributed by atoms with van der Waals surface area (Å²) in [6.07, 6.45) is 0. The number of aromatic nitrogens is 1. The quantitative estimate of drug-likeness (QED) is 0.898. The number of hydrogen-bond acceptors (Lipinski definition) is 4. The fraction of sp³-hybridized carbons (Fsp3) is 0.231. The van der Waals surface area contributed by atoms with Crippen LogP contribution in [0.2, 0.25) is 10.0 Å². The first-order chi connectivity index (χ1) is 9.52. The van der Waals surface area contributed by atoms with E-state index in [1.807, 2.05) is 6.92 Å². The lowest BCUT2D eigenvalue weighted by molar-refractivity contribution is 0.0951. The lowest BCUT2D eigenvalue weighted by Gasteiger charge is -2.08. The van der Waals surface area contributed by atoms with E-state index in [0.717, 1.165) is 10.6 Å². The molecule has 0 aliphatic carbocycles. The van der Waals surface area contributed by atoms with E-state index in [1.54, 1.807) is 25.2 Å². The molecule has 2 rings (SSSR count). The van der Waals surface area contributed by atoms with Crippen molar-refractivity contribution in [2.75, 3.05) is 12.4 Å². The Kier molecular flexibility index (Phi) is 4.86. The molecule has 1 aromatic heterocycles. The van der Waals surface area contributed by atoms with Crippen molar-refractivity contribution in [1.29, 1.82) is 0 Å². The van der Waals surface area contributed by atoms with Crippen molar-refractivity contribution in [2.24, 2.45) is 0 Å². The molecule has 0 saturated heterocycles. The molecular weight excluding hydrogens is 317 g/mol. The van der Waals surface area contributed by atoms with Gasteiger partial charge in [-0.05, 0) is 36.2 Å². The number of nitrogens with one attached hydrogen (secondary N) is 2. The minimum atomic E-state index is -0.174. The van der Waals surface area contributed by atoms with Gasteiger partial charge >= 0.3 is 0 Å². The van der Waals surface area contributed by atoms with Gasteiger partial charge in [0.05, 0.1) is 11.3 Å². The van der Waals surface area contributed by atoms with Crippen molar-refractivity contribution in [1.82, 2.24) is 9.69 Å². The van der Waals surface area contributed by atoms with Gasteiger partial charge in [0.25, 0.3) is 5.91 Å². The number of halogens is 2. The number of nitrogens with zero attached hydrogens (tertiary/aromatic N) is 1. The summed E-state index contributed by atoms with van der Waals surface area (Å²) in [5, 5.41) is 7.66. The van der Waals surface area contributed by atoms with E-state index in [2.05, 4.69) is 15.0 Å². The van der Waals surface area contributed by atoms with E-state index in [-0.39, 0.29) is 5.91 Å². The SMILES string of the molecule is CNc1snc(C)c1C(=O)NCc1ccc(Cl)cc1Cl. The second-order valence-electron chi connectivity index (χ2n) is 4.14. The molecule has 0 fully saturated rings. The average Bonchev–Trinajstić information content (AvgIpc) is 2.78. The minimum Gasteiger partial charge on any atom is -0.378 e. The number of benzene rings is 1. The molecular formula is C13H13Cl2N3OS. The third-order valence-corrected chi connectivity index (χ3v) is 4.31. The zero-order chi connectivity index (χ0) is 14.7. The van der Waals surface area contributed by atoms with E-state index < -0.39 is 0 Å². The monoisotopic (exact) mass is 329 g/mol. The smallest absolute Gasteiger partial charge is 0.256 e. The number of carbonyl (C=O) groups excluding carboxylic acids is 1. The van der Waals surface area contributed by atoms with Crippen molar-refractivity contribution in [2.45, 2.75) is 13.5 Å². The van der Waals surface area contributed by atoms with Gasteiger partial charge in [-0.3, -0.25) is 4.79 Å². The van der Waals surface area contributed by atoms with Gasteiger partial charge in [0.1, 0.15) is 5.00 Å². The van der Waals surface area contributed by atoms with Crippen LogP contribution in [0.3, 0.4) is 0 Å². The van der Waals surface area contributed by atoms with Crippen LogP contribution in [-0.4, -0.2) is 17.3 Å². The van der Waals surface area contributed by atoms with Crippen LogP contribution >= 0.6 is 34.7 Å². The highest BCUT2D eigenvalue weighted by Gasteiger charge is 2.17. The molecule has 4 nitrogen and oxygen atoms in total. The molecule has 0 saturated carbocycles. The molecule has 1 amide bonds. The topological polar surface area (TPSA) is 54.0 Å². The zero-order valence-corrected chi connectivity index (χ0v) is 13.3. The molecule has 7 heteroatoms. The van der Waals surface area contributed by atoms with Crippen LogP contribution in [-0.2, 0) is 6.54 Å². The van der Waals surface area contributed by atoms with Crippen LogP contribution in [0.15, 0.2) is 18.2 Å². The largest absolute Gasteiger partial charge is 0.378 e. The van der Waals surface area contributed by atoms with Crippen molar-refractivity contribution in [3.63, 3.8) is 0 Å². The van der Waals surface area contributed by atoms with E-state index in [4.69, 9.17) is 23.2 Å². The van der Waals surface area contributed by atoms with Gasteiger partial charge in [-0.2, -0.15) is 4.37 Å². The minimum absolute atomic E-state index is 0.174. The summed E-state index contributed by atoms with van der Waals surface area (Å²) in [6.45, 7) is 2.15. The van der Waals surface area contributed by atoms with Gasteiger partial charge in [0, 0.05) is 23.6 Å². The van der Waals surface area contributed by atoms with Gasteiger partial charge < -0.3 is 10.6 Å². The number of amides is 1. The Hall–Kier alpha value is -1.30. The van der Waals surface area contributed by atoms with Gasteiger partial charge in [0.2, 0.25) is 0 Å². The Morgan fingerprint density at radius 1 is 1.40 bits per heavy atom. The Morgan fingerprint density at radius 3 is 2.80 bits per heavy atom. The third-order valence-electron chi connectivity index (χ3n) is 2.77. The second kappa shape index (κ2) is 6.43. The molecule has 0 radical (unpaired) electrons. The molecule has 2 aromatic rings. The van der Waals surface area contributed by atoms with Gasteiger partial charge in [0.15, 0.2) is 0 Å². The second-order valence-corrected chi connectivity index (χ2v) is 5.76. The average molecular weight is 330 g/mol. The lowest BCUT2D eigenvalue weighted by Crippen LogP contribution is -2.24. The molecule has 0 spiro atoms. The number of rotatable bonds is 4.